The third-order valence-corrected chi connectivity index (χ3v) is 6.85. The van der Waals surface area contributed by atoms with E-state index in [2.05, 4.69) is 38.7 Å². The first-order valence-electron chi connectivity index (χ1n) is 11.0. The molecule has 2 aliphatic carbocycles. The maximum absolute atomic E-state index is 12.5. The maximum atomic E-state index is 12.5. The Hall–Kier alpha value is -1.37. The number of nitrogens with one attached hydrogen (secondary N) is 1. The predicted molar refractivity (Wildman–Crippen MR) is 114 cm³/mol. The van der Waals surface area contributed by atoms with E-state index in [4.69, 9.17) is 19.9 Å². The molecule has 6 heteroatoms. The first-order valence-corrected chi connectivity index (χ1v) is 11.0. The second-order valence-corrected chi connectivity index (χ2v) is 9.38. The zero-order chi connectivity index (χ0) is 21.2. The van der Waals surface area contributed by atoms with E-state index in [1.165, 1.54) is 5.57 Å². The van der Waals surface area contributed by atoms with Gasteiger partial charge in [0.2, 0.25) is 0 Å². The molecule has 164 valence electrons. The van der Waals surface area contributed by atoms with E-state index >= 15 is 0 Å². The third-order valence-electron chi connectivity index (χ3n) is 6.85. The van der Waals surface area contributed by atoms with Crippen LogP contribution in [-0.2, 0) is 14.2 Å². The Morgan fingerprint density at radius 3 is 2.62 bits per heavy atom. The van der Waals surface area contributed by atoms with Crippen molar-refractivity contribution in [2.24, 2.45) is 11.7 Å². The molecule has 4 unspecified atom stereocenters. The third kappa shape index (κ3) is 5.22. The van der Waals surface area contributed by atoms with Gasteiger partial charge in [-0.3, -0.25) is 0 Å². The van der Waals surface area contributed by atoms with Crippen molar-refractivity contribution in [3.05, 3.63) is 23.8 Å². The zero-order valence-electron chi connectivity index (χ0n) is 18.4. The fraction of sp³-hybridized carbons (Fsp3) is 0.783. The van der Waals surface area contributed by atoms with Crippen molar-refractivity contribution in [3.8, 4) is 0 Å². The number of methoxy groups -OCH3 is 1. The average Bonchev–Trinajstić information content (AvgIpc) is 3.33. The van der Waals surface area contributed by atoms with E-state index in [1.807, 2.05) is 0 Å². The van der Waals surface area contributed by atoms with Crippen LogP contribution >= 0.6 is 0 Å². The van der Waals surface area contributed by atoms with Crippen LogP contribution in [0.25, 0.3) is 0 Å². The first-order chi connectivity index (χ1) is 13.7. The summed E-state index contributed by atoms with van der Waals surface area (Å²) in [5.41, 5.74) is 8.05. The summed E-state index contributed by atoms with van der Waals surface area (Å²) >= 11 is 0. The summed E-state index contributed by atoms with van der Waals surface area (Å²) in [6.45, 7) is 10.6. The predicted octanol–water partition coefficient (Wildman–Crippen LogP) is 3.85. The van der Waals surface area contributed by atoms with Gasteiger partial charge in [-0.1, -0.05) is 23.8 Å². The highest BCUT2D eigenvalue weighted by Crippen LogP contribution is 2.52. The second-order valence-electron chi connectivity index (χ2n) is 9.38. The van der Waals surface area contributed by atoms with E-state index in [9.17, 15) is 4.79 Å². The van der Waals surface area contributed by atoms with Gasteiger partial charge in [0.1, 0.15) is 17.8 Å². The molecule has 29 heavy (non-hydrogen) atoms. The lowest BCUT2D eigenvalue weighted by Crippen LogP contribution is -2.50. The zero-order valence-corrected chi connectivity index (χ0v) is 18.4. The van der Waals surface area contributed by atoms with Gasteiger partial charge in [-0.15, -0.1) is 0 Å². The molecular weight excluding hydrogens is 368 g/mol. The van der Waals surface area contributed by atoms with Crippen molar-refractivity contribution >= 4 is 6.09 Å². The number of epoxide rings is 1. The van der Waals surface area contributed by atoms with Gasteiger partial charge in [0.25, 0.3) is 0 Å². The van der Waals surface area contributed by atoms with Gasteiger partial charge >= 0.3 is 6.09 Å². The van der Waals surface area contributed by atoms with Crippen LogP contribution in [0, 0.1) is 5.92 Å². The van der Waals surface area contributed by atoms with Gasteiger partial charge in [0.05, 0.1) is 6.10 Å². The van der Waals surface area contributed by atoms with E-state index in [1.54, 1.807) is 7.11 Å². The number of alkyl carbamates (subject to hydrolysis) is 1. The molecule has 5 atom stereocenters. The minimum absolute atomic E-state index is 0.0160. The Kier molecular flexibility index (Phi) is 7.07. The van der Waals surface area contributed by atoms with Gasteiger partial charge in [-0.2, -0.15) is 0 Å². The molecular formula is C23H38N2O4. The van der Waals surface area contributed by atoms with Crippen molar-refractivity contribution < 1.29 is 19.0 Å². The van der Waals surface area contributed by atoms with Crippen molar-refractivity contribution in [1.29, 1.82) is 0 Å². The number of rotatable bonds is 6. The highest BCUT2D eigenvalue weighted by atomic mass is 16.6. The molecule has 0 spiro atoms. The van der Waals surface area contributed by atoms with Crippen LogP contribution in [0.3, 0.4) is 0 Å². The average molecular weight is 407 g/mol. The normalized spacial score (nSPS) is 39.6. The van der Waals surface area contributed by atoms with Gasteiger partial charge in [-0.05, 0) is 65.7 Å². The van der Waals surface area contributed by atoms with Crippen LogP contribution in [0.2, 0.25) is 0 Å². The number of carbonyl (C=O) groups is 1. The summed E-state index contributed by atoms with van der Waals surface area (Å²) < 4.78 is 17.8. The number of ether oxygens (including phenoxy) is 3. The van der Waals surface area contributed by atoms with Crippen LogP contribution in [0.1, 0.15) is 65.7 Å². The highest BCUT2D eigenvalue weighted by molar-refractivity contribution is 5.68. The van der Waals surface area contributed by atoms with Crippen LogP contribution < -0.4 is 11.1 Å². The van der Waals surface area contributed by atoms with E-state index in [0.29, 0.717) is 0 Å². The first kappa shape index (κ1) is 22.3. The number of carbonyl (C=O) groups excluding carboxylic acids is 1. The number of allylic oxidation sites excluding steroid dienone is 1. The summed E-state index contributed by atoms with van der Waals surface area (Å²) in [6.07, 6.45) is 7.59. The number of hydrogen-bond donors (Lipinski definition) is 2. The van der Waals surface area contributed by atoms with Crippen LogP contribution in [0.4, 0.5) is 4.79 Å². The summed E-state index contributed by atoms with van der Waals surface area (Å²) in [6, 6.07) is 0.404. The van der Waals surface area contributed by atoms with Crippen LogP contribution in [0.15, 0.2) is 23.8 Å². The molecule has 1 amide bonds. The van der Waals surface area contributed by atoms with Crippen LogP contribution in [-0.4, -0.2) is 49.2 Å². The van der Waals surface area contributed by atoms with Crippen molar-refractivity contribution in [1.82, 2.24) is 5.32 Å². The van der Waals surface area contributed by atoms with E-state index in [-0.39, 0.29) is 48.0 Å². The summed E-state index contributed by atoms with van der Waals surface area (Å²) in [5.74, 6) is 0.0160. The molecule has 0 radical (unpaired) electrons. The van der Waals surface area contributed by atoms with Gasteiger partial charge < -0.3 is 25.3 Å². The summed E-state index contributed by atoms with van der Waals surface area (Å²) in [5, 5.41) is 3.02. The Labute approximate surface area is 175 Å². The minimum Gasteiger partial charge on any atom is -0.443 e. The maximum Gasteiger partial charge on any atom is 0.407 e. The number of amides is 1. The smallest absolute Gasteiger partial charge is 0.407 e. The quantitative estimate of drug-likeness (QED) is 0.517. The molecule has 1 aliphatic heterocycles. The SMILES string of the molecule is C=C1CCC(OC(=O)N[C@H]2CC[C@H](N)CC2)C(OC)C1C1(C)O[C@@H]1CC=C(C)C. The number of nitrogens with two attached hydrogens (primary N) is 1. The van der Waals surface area contributed by atoms with Crippen molar-refractivity contribution in [3.63, 3.8) is 0 Å². The van der Waals surface area contributed by atoms with Gasteiger partial charge in [0, 0.05) is 25.1 Å². The standard InChI is InChI=1S/C23H38N2O4/c1-14(2)6-13-19-23(4,29-19)20-15(3)7-12-18(21(20)27-5)28-22(26)25-17-10-8-16(24)9-11-17/h6,16-21H,3,7-13,24H2,1-2,4-5H3,(H,25,26)/t16-,17-,18?,19-,20?,21?,23?/m1/s1. The Morgan fingerprint density at radius 2 is 2.00 bits per heavy atom. The summed E-state index contributed by atoms with van der Waals surface area (Å²) in [4.78, 5) is 12.5. The topological polar surface area (TPSA) is 86.1 Å². The molecule has 0 aromatic carbocycles. The van der Waals surface area contributed by atoms with Crippen LogP contribution in [0.5, 0.6) is 0 Å². The highest BCUT2D eigenvalue weighted by Gasteiger charge is 2.61. The molecule has 0 bridgehead atoms. The van der Waals surface area contributed by atoms with Crippen molar-refractivity contribution in [2.75, 3.05) is 7.11 Å². The molecule has 3 aliphatic rings. The monoisotopic (exact) mass is 406 g/mol. The lowest BCUT2D eigenvalue weighted by molar-refractivity contribution is -0.0742. The fourth-order valence-corrected chi connectivity index (χ4v) is 5.01. The van der Waals surface area contributed by atoms with Gasteiger partial charge in [-0.25, -0.2) is 4.79 Å². The fourth-order valence-electron chi connectivity index (χ4n) is 5.01. The summed E-state index contributed by atoms with van der Waals surface area (Å²) in [7, 11) is 1.68. The molecule has 0 aromatic heterocycles. The van der Waals surface area contributed by atoms with E-state index in [0.717, 1.165) is 50.5 Å². The Bertz CT molecular complexity index is 637. The van der Waals surface area contributed by atoms with Crippen molar-refractivity contribution in [2.45, 2.75) is 102 Å². The molecule has 2 saturated carbocycles. The molecule has 3 fully saturated rings. The second kappa shape index (κ2) is 9.19. The molecule has 6 nitrogen and oxygen atoms in total. The molecule has 0 aromatic rings. The van der Waals surface area contributed by atoms with E-state index < -0.39 is 0 Å². The lowest BCUT2D eigenvalue weighted by atomic mass is 9.72. The molecule has 1 saturated heterocycles. The largest absolute Gasteiger partial charge is 0.443 e. The molecule has 3 rings (SSSR count). The number of hydrogen-bond acceptors (Lipinski definition) is 5. The Balaban J connectivity index is 1.61. The Morgan fingerprint density at radius 1 is 1.31 bits per heavy atom. The molecule has 3 N–H and O–H groups in total. The lowest BCUT2D eigenvalue weighted by Gasteiger charge is -2.40. The van der Waals surface area contributed by atoms with Gasteiger partial charge in [0.15, 0.2) is 0 Å². The minimum atomic E-state index is -0.355. The molecule has 1 heterocycles.